The van der Waals surface area contributed by atoms with E-state index in [1.54, 1.807) is 11.8 Å². The SMILES string of the molecule is CCOC(=O)CNC(=O)N1CC(C)CC(C)C1. The summed E-state index contributed by atoms with van der Waals surface area (Å²) >= 11 is 0. The smallest absolute Gasteiger partial charge is 0.325 e. The molecule has 2 amide bonds. The van der Waals surface area contributed by atoms with Gasteiger partial charge in [-0.1, -0.05) is 13.8 Å². The lowest BCUT2D eigenvalue weighted by atomic mass is 9.92. The van der Waals surface area contributed by atoms with Crippen molar-refractivity contribution in [2.45, 2.75) is 27.2 Å². The van der Waals surface area contributed by atoms with Gasteiger partial charge in [0, 0.05) is 13.1 Å². The number of amides is 2. The van der Waals surface area contributed by atoms with E-state index in [2.05, 4.69) is 19.2 Å². The topological polar surface area (TPSA) is 58.6 Å². The van der Waals surface area contributed by atoms with Crippen LogP contribution in [0.2, 0.25) is 0 Å². The largest absolute Gasteiger partial charge is 0.465 e. The maximum absolute atomic E-state index is 11.8. The molecule has 1 N–H and O–H groups in total. The Kier molecular flexibility index (Phi) is 5.25. The molecule has 98 valence electrons. The van der Waals surface area contributed by atoms with Crippen LogP contribution in [0.4, 0.5) is 4.79 Å². The second kappa shape index (κ2) is 6.47. The van der Waals surface area contributed by atoms with Crippen LogP contribution in [0.15, 0.2) is 0 Å². The standard InChI is InChI=1S/C12H22N2O3/c1-4-17-11(15)6-13-12(16)14-7-9(2)5-10(3)8-14/h9-10H,4-8H2,1-3H3,(H,13,16). The summed E-state index contributed by atoms with van der Waals surface area (Å²) < 4.78 is 4.75. The molecular weight excluding hydrogens is 220 g/mol. The molecule has 1 heterocycles. The van der Waals surface area contributed by atoms with Crippen molar-refractivity contribution in [3.8, 4) is 0 Å². The number of rotatable bonds is 3. The fourth-order valence-electron chi connectivity index (χ4n) is 2.30. The third-order valence-electron chi connectivity index (χ3n) is 2.85. The third-order valence-corrected chi connectivity index (χ3v) is 2.85. The monoisotopic (exact) mass is 242 g/mol. The lowest BCUT2D eigenvalue weighted by Crippen LogP contribution is -2.48. The molecule has 2 unspecified atom stereocenters. The van der Waals surface area contributed by atoms with Crippen molar-refractivity contribution >= 4 is 12.0 Å². The molecule has 1 saturated heterocycles. The van der Waals surface area contributed by atoms with Gasteiger partial charge >= 0.3 is 12.0 Å². The van der Waals surface area contributed by atoms with Gasteiger partial charge in [0.1, 0.15) is 6.54 Å². The zero-order valence-corrected chi connectivity index (χ0v) is 10.9. The number of piperidine rings is 1. The van der Waals surface area contributed by atoms with E-state index in [0.29, 0.717) is 18.4 Å². The zero-order valence-electron chi connectivity index (χ0n) is 10.9. The lowest BCUT2D eigenvalue weighted by molar-refractivity contribution is -0.141. The molecule has 1 aliphatic rings. The number of nitrogens with one attached hydrogen (secondary N) is 1. The van der Waals surface area contributed by atoms with Gasteiger partial charge in [0.15, 0.2) is 0 Å². The minimum absolute atomic E-state index is 0.0497. The second-order valence-electron chi connectivity index (χ2n) is 4.81. The molecule has 0 aliphatic carbocycles. The van der Waals surface area contributed by atoms with Crippen LogP contribution >= 0.6 is 0 Å². The van der Waals surface area contributed by atoms with Gasteiger partial charge in [-0.25, -0.2) is 4.79 Å². The van der Waals surface area contributed by atoms with Crippen molar-refractivity contribution in [1.82, 2.24) is 10.2 Å². The maximum Gasteiger partial charge on any atom is 0.325 e. The summed E-state index contributed by atoms with van der Waals surface area (Å²) in [7, 11) is 0. The number of hydrogen-bond acceptors (Lipinski definition) is 3. The first kappa shape index (κ1) is 13.8. The summed E-state index contributed by atoms with van der Waals surface area (Å²) in [6.07, 6.45) is 1.15. The average Bonchev–Trinajstić information content (AvgIpc) is 2.25. The molecule has 1 fully saturated rings. The van der Waals surface area contributed by atoms with Crippen LogP contribution in [0.5, 0.6) is 0 Å². The van der Waals surface area contributed by atoms with Crippen molar-refractivity contribution in [2.24, 2.45) is 11.8 Å². The number of carbonyl (C=O) groups excluding carboxylic acids is 2. The second-order valence-corrected chi connectivity index (χ2v) is 4.81. The third kappa shape index (κ3) is 4.63. The first-order chi connectivity index (χ1) is 8.02. The molecule has 17 heavy (non-hydrogen) atoms. The summed E-state index contributed by atoms with van der Waals surface area (Å²) in [5.74, 6) is 0.651. The summed E-state index contributed by atoms with van der Waals surface area (Å²) in [4.78, 5) is 24.7. The van der Waals surface area contributed by atoms with Crippen LogP contribution in [0.1, 0.15) is 27.2 Å². The summed E-state index contributed by atoms with van der Waals surface area (Å²) in [5, 5.41) is 2.59. The van der Waals surface area contributed by atoms with Crippen molar-refractivity contribution in [2.75, 3.05) is 26.2 Å². The first-order valence-electron chi connectivity index (χ1n) is 6.21. The molecular formula is C12H22N2O3. The van der Waals surface area contributed by atoms with Crippen LogP contribution in [0.25, 0.3) is 0 Å². The van der Waals surface area contributed by atoms with Crippen LogP contribution in [-0.2, 0) is 9.53 Å². The van der Waals surface area contributed by atoms with Gasteiger partial charge in [-0.2, -0.15) is 0 Å². The molecule has 1 aliphatic heterocycles. The summed E-state index contributed by atoms with van der Waals surface area (Å²) in [6, 6.07) is -0.170. The van der Waals surface area contributed by atoms with Crippen molar-refractivity contribution in [3.63, 3.8) is 0 Å². The molecule has 1 rings (SSSR count). The highest BCUT2D eigenvalue weighted by molar-refractivity contribution is 5.80. The van der Waals surface area contributed by atoms with E-state index < -0.39 is 0 Å². The van der Waals surface area contributed by atoms with Gasteiger partial charge in [0.25, 0.3) is 0 Å². The Hall–Kier alpha value is -1.26. The Labute approximate surface area is 102 Å². The molecule has 0 saturated carbocycles. The first-order valence-corrected chi connectivity index (χ1v) is 6.21. The van der Waals surface area contributed by atoms with Crippen LogP contribution < -0.4 is 5.32 Å². The van der Waals surface area contributed by atoms with Crippen LogP contribution in [-0.4, -0.2) is 43.1 Å². The predicted octanol–water partition coefficient (Wildman–Crippen LogP) is 1.24. The molecule has 0 spiro atoms. The van der Waals surface area contributed by atoms with E-state index in [1.807, 2.05) is 0 Å². The summed E-state index contributed by atoms with van der Waals surface area (Å²) in [6.45, 7) is 7.84. The molecule has 0 bridgehead atoms. The van der Waals surface area contributed by atoms with Gasteiger partial charge in [-0.3, -0.25) is 4.79 Å². The minimum Gasteiger partial charge on any atom is -0.465 e. The van der Waals surface area contributed by atoms with Crippen LogP contribution in [0, 0.1) is 11.8 Å². The fourth-order valence-corrected chi connectivity index (χ4v) is 2.30. The predicted molar refractivity (Wildman–Crippen MR) is 64.5 cm³/mol. The number of ether oxygens (including phenoxy) is 1. The number of likely N-dealkylation sites (tertiary alicyclic amines) is 1. The fraction of sp³-hybridized carbons (Fsp3) is 0.833. The summed E-state index contributed by atoms with van der Waals surface area (Å²) in [5.41, 5.74) is 0. The van der Waals surface area contributed by atoms with Crippen molar-refractivity contribution in [1.29, 1.82) is 0 Å². The van der Waals surface area contributed by atoms with E-state index in [4.69, 9.17) is 4.74 Å². The molecule has 2 atom stereocenters. The number of carbonyl (C=O) groups is 2. The molecule has 0 aromatic carbocycles. The highest BCUT2D eigenvalue weighted by Crippen LogP contribution is 2.20. The molecule has 0 radical (unpaired) electrons. The highest BCUT2D eigenvalue weighted by atomic mass is 16.5. The maximum atomic E-state index is 11.8. The van der Waals surface area contributed by atoms with Crippen LogP contribution in [0.3, 0.4) is 0 Å². The molecule has 0 aromatic rings. The Morgan fingerprint density at radius 3 is 2.41 bits per heavy atom. The van der Waals surface area contributed by atoms with E-state index in [9.17, 15) is 9.59 Å². The Morgan fingerprint density at radius 1 is 1.29 bits per heavy atom. The van der Waals surface area contributed by atoms with E-state index in [0.717, 1.165) is 19.5 Å². The number of hydrogen-bond donors (Lipinski definition) is 1. The highest BCUT2D eigenvalue weighted by Gasteiger charge is 2.25. The van der Waals surface area contributed by atoms with Crippen molar-refractivity contribution < 1.29 is 14.3 Å². The van der Waals surface area contributed by atoms with Gasteiger partial charge in [0.2, 0.25) is 0 Å². The average molecular weight is 242 g/mol. The molecule has 5 nitrogen and oxygen atoms in total. The Morgan fingerprint density at radius 2 is 1.88 bits per heavy atom. The zero-order chi connectivity index (χ0) is 12.8. The Bertz CT molecular complexity index is 271. The number of esters is 1. The van der Waals surface area contributed by atoms with Crippen molar-refractivity contribution in [3.05, 3.63) is 0 Å². The lowest BCUT2D eigenvalue weighted by Gasteiger charge is -2.34. The quantitative estimate of drug-likeness (QED) is 0.757. The van der Waals surface area contributed by atoms with Gasteiger partial charge < -0.3 is 15.0 Å². The van der Waals surface area contributed by atoms with Gasteiger partial charge in [-0.15, -0.1) is 0 Å². The van der Waals surface area contributed by atoms with Gasteiger partial charge in [-0.05, 0) is 25.2 Å². The van der Waals surface area contributed by atoms with E-state index in [-0.39, 0.29) is 18.5 Å². The molecule has 0 aromatic heterocycles. The van der Waals surface area contributed by atoms with E-state index in [1.165, 1.54) is 0 Å². The molecule has 5 heteroatoms. The Balaban J connectivity index is 2.34. The number of urea groups is 1. The number of nitrogens with zero attached hydrogens (tertiary/aromatic N) is 1. The minimum atomic E-state index is -0.390. The van der Waals surface area contributed by atoms with Gasteiger partial charge in [0.05, 0.1) is 6.61 Å². The normalized spacial score (nSPS) is 24.3. The van der Waals surface area contributed by atoms with E-state index >= 15 is 0 Å².